The molecular weight excluding hydrogens is 472 g/mol. The zero-order valence-corrected chi connectivity index (χ0v) is 21.7. The van der Waals surface area contributed by atoms with Gasteiger partial charge in [0.05, 0.1) is 40.4 Å². The monoisotopic (exact) mass is 502 g/mol. The van der Waals surface area contributed by atoms with E-state index in [-0.39, 0.29) is 0 Å². The number of halogens is 1. The lowest BCUT2D eigenvalue weighted by atomic mass is 10.2. The van der Waals surface area contributed by atoms with Crippen molar-refractivity contribution >= 4 is 51.2 Å². The third kappa shape index (κ3) is 6.59. The summed E-state index contributed by atoms with van der Waals surface area (Å²) in [5, 5.41) is 6.76. The van der Waals surface area contributed by atoms with E-state index in [9.17, 15) is 4.21 Å². The third-order valence-electron chi connectivity index (χ3n) is 5.15. The lowest BCUT2D eigenvalue weighted by molar-refractivity contribution is 0.413. The largest absolute Gasteiger partial charge is 0.494 e. The van der Waals surface area contributed by atoms with Crippen LogP contribution in [0.25, 0.3) is 0 Å². The molecule has 0 aliphatic carbocycles. The van der Waals surface area contributed by atoms with Crippen molar-refractivity contribution in [1.29, 1.82) is 0 Å². The van der Waals surface area contributed by atoms with Crippen LogP contribution in [0.1, 0.15) is 6.92 Å². The fourth-order valence-corrected chi connectivity index (χ4v) is 4.23. The lowest BCUT2D eigenvalue weighted by Gasteiger charge is -2.23. The Hall–Kier alpha value is -2.88. The van der Waals surface area contributed by atoms with E-state index in [4.69, 9.17) is 16.3 Å². The van der Waals surface area contributed by atoms with Gasteiger partial charge in [-0.15, -0.1) is 0 Å². The summed E-state index contributed by atoms with van der Waals surface area (Å²) in [7, 11) is 6.67. The Balaban J connectivity index is 1.82. The maximum absolute atomic E-state index is 12.4. The van der Waals surface area contributed by atoms with Crippen molar-refractivity contribution in [2.24, 2.45) is 0 Å². The van der Waals surface area contributed by atoms with Crippen molar-refractivity contribution in [1.82, 2.24) is 14.9 Å². The molecule has 0 saturated carbocycles. The molecule has 34 heavy (non-hydrogen) atoms. The van der Waals surface area contributed by atoms with Crippen molar-refractivity contribution in [2.75, 3.05) is 62.6 Å². The van der Waals surface area contributed by atoms with Crippen LogP contribution in [-0.2, 0) is 10.8 Å². The van der Waals surface area contributed by atoms with E-state index in [2.05, 4.69) is 51.5 Å². The van der Waals surface area contributed by atoms with E-state index in [1.54, 1.807) is 7.11 Å². The first-order valence-electron chi connectivity index (χ1n) is 10.9. The highest BCUT2D eigenvalue weighted by molar-refractivity contribution is 7.85. The molecule has 8 nitrogen and oxygen atoms in total. The van der Waals surface area contributed by atoms with Crippen LogP contribution in [0.4, 0.5) is 28.8 Å². The van der Waals surface area contributed by atoms with E-state index >= 15 is 0 Å². The summed E-state index contributed by atoms with van der Waals surface area (Å²) in [5.41, 5.74) is 2.47. The second-order valence-electron chi connectivity index (χ2n) is 7.88. The fraction of sp³-hybridized carbons (Fsp3) is 0.333. The summed E-state index contributed by atoms with van der Waals surface area (Å²) in [6.07, 6.45) is 1.52. The Morgan fingerprint density at radius 3 is 2.53 bits per heavy atom. The normalized spacial score (nSPS) is 11.9. The van der Waals surface area contributed by atoms with E-state index in [0.717, 1.165) is 24.5 Å². The first-order valence-corrected chi connectivity index (χ1v) is 12.6. The van der Waals surface area contributed by atoms with Crippen LogP contribution in [0.2, 0.25) is 5.02 Å². The van der Waals surface area contributed by atoms with Crippen molar-refractivity contribution in [3.8, 4) is 5.75 Å². The molecular formula is C24H31ClN6O2S. The molecule has 0 amide bonds. The second-order valence-corrected chi connectivity index (χ2v) is 10.00. The molecule has 0 spiro atoms. The fourth-order valence-electron chi connectivity index (χ4n) is 3.19. The number of nitrogens with one attached hydrogen (secondary N) is 2. The van der Waals surface area contributed by atoms with Gasteiger partial charge in [0, 0.05) is 37.6 Å². The van der Waals surface area contributed by atoms with Gasteiger partial charge >= 0.3 is 0 Å². The Morgan fingerprint density at radius 2 is 1.82 bits per heavy atom. The Labute approximate surface area is 208 Å². The SMILES string of the molecule is CCS(=O)c1ccccc1Nc1nc(Nc2ccc(N(C)CCN(C)C)cc2OC)ncc1Cl. The van der Waals surface area contributed by atoms with E-state index in [1.807, 2.05) is 49.4 Å². The molecule has 2 N–H and O–H groups in total. The molecule has 3 aromatic rings. The van der Waals surface area contributed by atoms with Crippen molar-refractivity contribution in [2.45, 2.75) is 11.8 Å². The van der Waals surface area contributed by atoms with Crippen LogP contribution in [-0.4, -0.2) is 66.2 Å². The minimum atomic E-state index is -1.12. The van der Waals surface area contributed by atoms with Gasteiger partial charge in [-0.3, -0.25) is 4.21 Å². The molecule has 3 rings (SSSR count). The maximum atomic E-state index is 12.4. The molecule has 0 fully saturated rings. The number of rotatable bonds is 11. The maximum Gasteiger partial charge on any atom is 0.229 e. The van der Waals surface area contributed by atoms with Crippen LogP contribution >= 0.6 is 11.6 Å². The Bertz CT molecular complexity index is 1140. The Morgan fingerprint density at radius 1 is 1.06 bits per heavy atom. The van der Waals surface area contributed by atoms with Gasteiger partial charge in [-0.25, -0.2) is 4.98 Å². The average molecular weight is 503 g/mol. The molecule has 2 aromatic carbocycles. The topological polar surface area (TPSA) is 82.6 Å². The van der Waals surface area contributed by atoms with Crippen molar-refractivity contribution in [3.05, 3.63) is 53.7 Å². The van der Waals surface area contributed by atoms with Gasteiger partial charge in [0.2, 0.25) is 5.95 Å². The second kappa shape index (κ2) is 12.0. The van der Waals surface area contributed by atoms with Crippen LogP contribution in [0.15, 0.2) is 53.6 Å². The molecule has 0 radical (unpaired) electrons. The van der Waals surface area contributed by atoms with Crippen LogP contribution in [0.5, 0.6) is 5.75 Å². The van der Waals surface area contributed by atoms with Crippen LogP contribution in [0, 0.1) is 0 Å². The summed E-state index contributed by atoms with van der Waals surface area (Å²) in [6.45, 7) is 3.72. The van der Waals surface area contributed by atoms with Gasteiger partial charge < -0.3 is 25.2 Å². The molecule has 1 unspecified atom stereocenters. The molecule has 0 aliphatic rings. The summed E-state index contributed by atoms with van der Waals surface area (Å²) < 4.78 is 18.0. The zero-order valence-electron chi connectivity index (χ0n) is 20.1. The number of hydrogen-bond donors (Lipinski definition) is 2. The average Bonchev–Trinajstić information content (AvgIpc) is 2.84. The van der Waals surface area contributed by atoms with E-state index in [1.165, 1.54) is 6.20 Å². The van der Waals surface area contributed by atoms with E-state index in [0.29, 0.717) is 38.9 Å². The number of likely N-dealkylation sites (N-methyl/N-ethyl adjacent to an activating group) is 2. The first kappa shape index (κ1) is 25.7. The van der Waals surface area contributed by atoms with Crippen molar-refractivity contribution in [3.63, 3.8) is 0 Å². The molecule has 0 saturated heterocycles. The minimum absolute atomic E-state index is 0.354. The predicted molar refractivity (Wildman–Crippen MR) is 142 cm³/mol. The van der Waals surface area contributed by atoms with Crippen LogP contribution in [0.3, 0.4) is 0 Å². The predicted octanol–water partition coefficient (Wildman–Crippen LogP) is 4.75. The van der Waals surface area contributed by atoms with Gasteiger partial charge in [0.15, 0.2) is 5.82 Å². The summed E-state index contributed by atoms with van der Waals surface area (Å²) in [6, 6.07) is 13.3. The van der Waals surface area contributed by atoms with Gasteiger partial charge in [-0.1, -0.05) is 30.7 Å². The number of methoxy groups -OCH3 is 1. The van der Waals surface area contributed by atoms with Gasteiger partial charge in [0.25, 0.3) is 0 Å². The molecule has 0 bridgehead atoms. The lowest BCUT2D eigenvalue weighted by Crippen LogP contribution is -2.28. The molecule has 1 heterocycles. The number of anilines is 5. The number of aromatic nitrogens is 2. The quantitative estimate of drug-likeness (QED) is 0.388. The molecule has 182 valence electrons. The molecule has 1 atom stereocenters. The first-order chi connectivity index (χ1) is 16.3. The highest BCUT2D eigenvalue weighted by Gasteiger charge is 2.13. The standard InChI is InChI=1S/C24H31ClN6O2S/c1-6-34(32)22-10-8-7-9-20(22)27-23-18(25)16-26-24(29-23)28-19-12-11-17(15-21(19)33-5)31(4)14-13-30(2)3/h7-12,15-16H,6,13-14H2,1-5H3,(H2,26,27,28,29). The number of benzene rings is 2. The zero-order chi connectivity index (χ0) is 24.7. The third-order valence-corrected chi connectivity index (χ3v) is 6.79. The highest BCUT2D eigenvalue weighted by Crippen LogP contribution is 2.32. The van der Waals surface area contributed by atoms with Gasteiger partial charge in [-0.2, -0.15) is 4.98 Å². The smallest absolute Gasteiger partial charge is 0.229 e. The summed E-state index contributed by atoms with van der Waals surface area (Å²) in [5.74, 6) is 1.96. The number of ether oxygens (including phenoxy) is 1. The number of para-hydroxylation sites is 1. The number of nitrogens with zero attached hydrogens (tertiary/aromatic N) is 4. The van der Waals surface area contributed by atoms with E-state index < -0.39 is 10.8 Å². The molecule has 10 heteroatoms. The number of hydrogen-bond acceptors (Lipinski definition) is 8. The van der Waals surface area contributed by atoms with Gasteiger partial charge in [0.1, 0.15) is 10.8 Å². The van der Waals surface area contributed by atoms with Gasteiger partial charge in [-0.05, 0) is 38.4 Å². The van der Waals surface area contributed by atoms with Crippen molar-refractivity contribution < 1.29 is 8.95 Å². The summed E-state index contributed by atoms with van der Waals surface area (Å²) >= 11 is 6.36. The molecule has 1 aromatic heterocycles. The van der Waals surface area contributed by atoms with Crippen LogP contribution < -0.4 is 20.3 Å². The Kier molecular flexibility index (Phi) is 9.09. The highest BCUT2D eigenvalue weighted by atomic mass is 35.5. The minimum Gasteiger partial charge on any atom is -0.494 e. The molecule has 0 aliphatic heterocycles. The summed E-state index contributed by atoms with van der Waals surface area (Å²) in [4.78, 5) is 13.9.